The standard InChI is InChI=1S/C5H8ClNO2/c1-3(8)4(6)5(9)7-2/h7,9H,1-2H3/b5-4+. The lowest BCUT2D eigenvalue weighted by Gasteiger charge is -1.97. The lowest BCUT2D eigenvalue weighted by molar-refractivity contribution is -0.113. The third-order valence-corrected chi connectivity index (χ3v) is 1.20. The molecule has 2 N–H and O–H groups in total. The van der Waals surface area contributed by atoms with E-state index in [4.69, 9.17) is 16.7 Å². The zero-order valence-electron chi connectivity index (χ0n) is 5.23. The molecule has 0 fully saturated rings. The Labute approximate surface area is 58.3 Å². The minimum absolute atomic E-state index is 0.169. The summed E-state index contributed by atoms with van der Waals surface area (Å²) in [6.07, 6.45) is 0. The number of carbonyl (C=O) groups is 1. The van der Waals surface area contributed by atoms with Crippen LogP contribution in [0.25, 0.3) is 0 Å². The van der Waals surface area contributed by atoms with Crippen molar-refractivity contribution in [2.75, 3.05) is 7.05 Å². The summed E-state index contributed by atoms with van der Waals surface area (Å²) < 4.78 is 0. The van der Waals surface area contributed by atoms with Gasteiger partial charge in [-0.2, -0.15) is 0 Å². The maximum atomic E-state index is 10.4. The summed E-state index contributed by atoms with van der Waals surface area (Å²) >= 11 is 5.28. The van der Waals surface area contributed by atoms with E-state index < -0.39 is 0 Å². The molecule has 3 nitrogen and oxygen atoms in total. The van der Waals surface area contributed by atoms with Crippen LogP contribution in [0.2, 0.25) is 0 Å². The predicted molar refractivity (Wildman–Crippen MR) is 35.2 cm³/mol. The van der Waals surface area contributed by atoms with E-state index in [2.05, 4.69) is 5.32 Å². The largest absolute Gasteiger partial charge is 0.494 e. The van der Waals surface area contributed by atoms with Crippen molar-refractivity contribution in [1.82, 2.24) is 5.32 Å². The van der Waals surface area contributed by atoms with Gasteiger partial charge in [0.25, 0.3) is 0 Å². The van der Waals surface area contributed by atoms with Gasteiger partial charge in [0, 0.05) is 14.0 Å². The smallest absolute Gasteiger partial charge is 0.206 e. The van der Waals surface area contributed by atoms with Gasteiger partial charge in [-0.3, -0.25) is 4.79 Å². The molecule has 0 unspecified atom stereocenters. The van der Waals surface area contributed by atoms with Gasteiger partial charge in [-0.25, -0.2) is 0 Å². The molecule has 0 spiro atoms. The van der Waals surface area contributed by atoms with Crippen molar-refractivity contribution >= 4 is 17.4 Å². The molecule has 0 aliphatic carbocycles. The molecule has 0 saturated heterocycles. The molecule has 0 atom stereocenters. The fraction of sp³-hybridized carbons (Fsp3) is 0.400. The highest BCUT2D eigenvalue weighted by Crippen LogP contribution is 2.04. The highest BCUT2D eigenvalue weighted by atomic mass is 35.5. The van der Waals surface area contributed by atoms with E-state index in [1.807, 2.05) is 0 Å². The third-order valence-electron chi connectivity index (χ3n) is 0.754. The topological polar surface area (TPSA) is 49.3 Å². The molecule has 0 bridgehead atoms. The van der Waals surface area contributed by atoms with E-state index >= 15 is 0 Å². The number of carbonyl (C=O) groups excluding carboxylic acids is 1. The second kappa shape index (κ2) is 3.35. The predicted octanol–water partition coefficient (Wildman–Crippen LogP) is 0.761. The first-order valence-corrected chi connectivity index (χ1v) is 2.74. The SMILES string of the molecule is CN/C(O)=C(\Cl)C(C)=O. The average Bonchev–Trinajstić information content (AvgIpc) is 1.84. The maximum absolute atomic E-state index is 10.4. The van der Waals surface area contributed by atoms with Crippen LogP contribution in [0.3, 0.4) is 0 Å². The van der Waals surface area contributed by atoms with E-state index in [1.165, 1.54) is 14.0 Å². The number of rotatable bonds is 2. The Bertz CT molecular complexity index is 153. The number of ketones is 1. The van der Waals surface area contributed by atoms with Crippen LogP contribution in [0.4, 0.5) is 0 Å². The molecule has 0 aliphatic heterocycles. The highest BCUT2D eigenvalue weighted by molar-refractivity contribution is 6.42. The van der Waals surface area contributed by atoms with Crippen molar-refractivity contribution in [2.45, 2.75) is 6.92 Å². The van der Waals surface area contributed by atoms with Gasteiger partial charge in [0.15, 0.2) is 5.78 Å². The first kappa shape index (κ1) is 8.30. The highest BCUT2D eigenvalue weighted by Gasteiger charge is 2.04. The number of aliphatic hydroxyl groups excluding tert-OH is 1. The summed E-state index contributed by atoms with van der Waals surface area (Å²) in [6.45, 7) is 1.27. The first-order chi connectivity index (χ1) is 4.09. The Balaban J connectivity index is 4.28. The zero-order valence-corrected chi connectivity index (χ0v) is 5.99. The van der Waals surface area contributed by atoms with Gasteiger partial charge in [0.2, 0.25) is 5.88 Å². The normalized spacial score (nSPS) is 12.3. The van der Waals surface area contributed by atoms with Crippen LogP contribution in [-0.4, -0.2) is 17.9 Å². The summed E-state index contributed by atoms with van der Waals surface area (Å²) in [5.74, 6) is -0.646. The number of hydrogen-bond acceptors (Lipinski definition) is 3. The third kappa shape index (κ3) is 2.37. The lowest BCUT2D eigenvalue weighted by atomic mass is 10.4. The Kier molecular flexibility index (Phi) is 3.09. The minimum Gasteiger partial charge on any atom is -0.494 e. The molecule has 0 aromatic heterocycles. The van der Waals surface area contributed by atoms with E-state index in [9.17, 15) is 4.79 Å². The molecular weight excluding hydrogens is 142 g/mol. The molecule has 4 heteroatoms. The maximum Gasteiger partial charge on any atom is 0.206 e. The van der Waals surface area contributed by atoms with Gasteiger partial charge in [0.05, 0.1) is 0 Å². The summed E-state index contributed by atoms with van der Waals surface area (Å²) in [6, 6.07) is 0. The van der Waals surface area contributed by atoms with Crippen LogP contribution < -0.4 is 5.32 Å². The summed E-state index contributed by atoms with van der Waals surface area (Å²) in [4.78, 5) is 10.4. The molecule has 52 valence electrons. The van der Waals surface area contributed by atoms with Gasteiger partial charge in [0.1, 0.15) is 5.03 Å². The number of hydrogen-bond donors (Lipinski definition) is 2. The average molecular weight is 150 g/mol. The molecule has 0 aliphatic rings. The Hall–Kier alpha value is -0.700. The number of halogens is 1. The lowest BCUT2D eigenvalue weighted by Crippen LogP contribution is -2.09. The molecule has 0 aromatic rings. The Morgan fingerprint density at radius 3 is 2.22 bits per heavy atom. The molecular formula is C5H8ClNO2. The van der Waals surface area contributed by atoms with Crippen molar-refractivity contribution in [1.29, 1.82) is 0 Å². The van der Waals surface area contributed by atoms with Crippen molar-refractivity contribution in [3.63, 3.8) is 0 Å². The van der Waals surface area contributed by atoms with Crippen LogP contribution in [0.15, 0.2) is 10.9 Å². The monoisotopic (exact) mass is 149 g/mol. The second-order valence-electron chi connectivity index (χ2n) is 1.47. The summed E-state index contributed by atoms with van der Waals surface area (Å²) in [5, 5.41) is 10.9. The number of aliphatic hydroxyl groups is 1. The zero-order chi connectivity index (χ0) is 7.44. The summed E-state index contributed by atoms with van der Waals surface area (Å²) in [5.41, 5.74) is 0. The minimum atomic E-state index is -0.358. The molecule has 0 aromatic carbocycles. The Morgan fingerprint density at radius 2 is 2.11 bits per heavy atom. The van der Waals surface area contributed by atoms with Crippen LogP contribution in [0.5, 0.6) is 0 Å². The molecule has 0 radical (unpaired) electrons. The molecule has 9 heavy (non-hydrogen) atoms. The van der Waals surface area contributed by atoms with E-state index in [1.54, 1.807) is 0 Å². The van der Waals surface area contributed by atoms with Crippen LogP contribution >= 0.6 is 11.6 Å². The second-order valence-corrected chi connectivity index (χ2v) is 1.85. The van der Waals surface area contributed by atoms with Gasteiger partial charge in [-0.15, -0.1) is 0 Å². The summed E-state index contributed by atoms with van der Waals surface area (Å²) in [7, 11) is 1.47. The van der Waals surface area contributed by atoms with Crippen LogP contribution in [-0.2, 0) is 4.79 Å². The quantitative estimate of drug-likeness (QED) is 0.450. The fourth-order valence-electron chi connectivity index (χ4n) is 0.276. The molecule has 0 heterocycles. The number of Topliss-reactive ketones (excluding diaryl/α,β-unsaturated/α-hetero) is 1. The molecule has 0 saturated carbocycles. The number of allylic oxidation sites excluding steroid dienone is 1. The van der Waals surface area contributed by atoms with Crippen molar-refractivity contribution in [3.8, 4) is 0 Å². The fourth-order valence-corrected chi connectivity index (χ4v) is 0.371. The van der Waals surface area contributed by atoms with Crippen LogP contribution in [0, 0.1) is 0 Å². The number of nitrogens with one attached hydrogen (secondary N) is 1. The Morgan fingerprint density at radius 1 is 1.67 bits per heavy atom. The van der Waals surface area contributed by atoms with E-state index in [0.717, 1.165) is 0 Å². The van der Waals surface area contributed by atoms with Gasteiger partial charge in [-0.05, 0) is 0 Å². The van der Waals surface area contributed by atoms with Gasteiger partial charge >= 0.3 is 0 Å². The van der Waals surface area contributed by atoms with Crippen molar-refractivity contribution in [2.24, 2.45) is 0 Å². The van der Waals surface area contributed by atoms with E-state index in [0.29, 0.717) is 0 Å². The van der Waals surface area contributed by atoms with Crippen LogP contribution in [0.1, 0.15) is 6.92 Å². The van der Waals surface area contributed by atoms with Crippen molar-refractivity contribution < 1.29 is 9.90 Å². The van der Waals surface area contributed by atoms with Crippen molar-refractivity contribution in [3.05, 3.63) is 10.9 Å². The molecule has 0 amide bonds. The van der Waals surface area contributed by atoms with Gasteiger partial charge < -0.3 is 10.4 Å². The van der Waals surface area contributed by atoms with Gasteiger partial charge in [-0.1, -0.05) is 11.6 Å². The first-order valence-electron chi connectivity index (χ1n) is 2.37. The van der Waals surface area contributed by atoms with E-state index in [-0.39, 0.29) is 16.7 Å². The molecule has 0 rings (SSSR count).